The number of alkyl halides is 2. The third-order valence-electron chi connectivity index (χ3n) is 4.69. The van der Waals surface area contributed by atoms with Gasteiger partial charge in [-0.3, -0.25) is 4.98 Å². The lowest BCUT2D eigenvalue weighted by molar-refractivity contribution is 0.140. The lowest BCUT2D eigenvalue weighted by Crippen LogP contribution is -2.43. The minimum atomic E-state index is -2.72. The van der Waals surface area contributed by atoms with Crippen molar-refractivity contribution in [1.29, 1.82) is 0 Å². The van der Waals surface area contributed by atoms with Crippen molar-refractivity contribution in [2.45, 2.75) is 39.2 Å². The summed E-state index contributed by atoms with van der Waals surface area (Å²) in [5.74, 6) is 0.0628. The Morgan fingerprint density at radius 1 is 1.10 bits per heavy atom. The molecule has 3 rings (SSSR count). The van der Waals surface area contributed by atoms with E-state index in [9.17, 15) is 13.2 Å². The maximum atomic E-state index is 13.7. The molecule has 0 spiro atoms. The molecule has 1 atom stereocenters. The predicted molar refractivity (Wildman–Crippen MR) is 110 cm³/mol. The Balaban J connectivity index is 1.96. The van der Waals surface area contributed by atoms with Crippen LogP contribution in [-0.4, -0.2) is 17.1 Å². The van der Waals surface area contributed by atoms with Gasteiger partial charge in [-0.2, -0.15) is 0 Å². The quantitative estimate of drug-likeness (QED) is 0.518. The minimum Gasteiger partial charge on any atom is -0.491 e. The van der Waals surface area contributed by atoms with Gasteiger partial charge in [0.15, 0.2) is 0 Å². The van der Waals surface area contributed by atoms with Crippen molar-refractivity contribution in [2.24, 2.45) is 11.7 Å². The van der Waals surface area contributed by atoms with Gasteiger partial charge in [0.1, 0.15) is 18.2 Å². The van der Waals surface area contributed by atoms with Crippen LogP contribution < -0.4 is 10.5 Å². The van der Waals surface area contributed by atoms with Crippen molar-refractivity contribution in [2.75, 3.05) is 6.61 Å². The van der Waals surface area contributed by atoms with E-state index in [1.165, 1.54) is 24.3 Å². The number of hydrogen-bond acceptors (Lipinski definition) is 3. The highest BCUT2D eigenvalue weighted by Crippen LogP contribution is 2.36. The van der Waals surface area contributed by atoms with Crippen molar-refractivity contribution >= 4 is 10.9 Å². The summed E-state index contributed by atoms with van der Waals surface area (Å²) in [6.07, 6.45) is -0.429. The van der Waals surface area contributed by atoms with Gasteiger partial charge < -0.3 is 10.5 Å². The maximum Gasteiger partial charge on any atom is 0.267 e. The molecule has 29 heavy (non-hydrogen) atoms. The average Bonchev–Trinajstić information content (AvgIpc) is 2.64. The van der Waals surface area contributed by atoms with E-state index in [4.69, 9.17) is 10.5 Å². The number of aromatic nitrogens is 1. The van der Waals surface area contributed by atoms with E-state index in [0.29, 0.717) is 34.4 Å². The largest absolute Gasteiger partial charge is 0.491 e. The molecule has 0 aliphatic carbocycles. The molecule has 0 saturated carbocycles. The Hall–Kier alpha value is -2.60. The van der Waals surface area contributed by atoms with Crippen molar-refractivity contribution in [3.63, 3.8) is 0 Å². The van der Waals surface area contributed by atoms with Gasteiger partial charge in [-0.15, -0.1) is 0 Å². The van der Waals surface area contributed by atoms with Crippen LogP contribution in [0.4, 0.5) is 13.2 Å². The molecule has 1 aromatic heterocycles. The fraction of sp³-hybridized carbons (Fsp3) is 0.348. The summed E-state index contributed by atoms with van der Waals surface area (Å²) in [6, 6.07) is 10.5. The van der Waals surface area contributed by atoms with Crippen LogP contribution in [0.2, 0.25) is 0 Å². The molecule has 0 unspecified atom stereocenters. The first-order valence-corrected chi connectivity index (χ1v) is 9.55. The zero-order chi connectivity index (χ0) is 21.2. The third kappa shape index (κ3) is 5.07. The molecular formula is C23H25F3N2O. The van der Waals surface area contributed by atoms with E-state index in [1.807, 2.05) is 20.8 Å². The van der Waals surface area contributed by atoms with Crippen LogP contribution in [0.1, 0.15) is 39.2 Å². The van der Waals surface area contributed by atoms with Gasteiger partial charge in [0.2, 0.25) is 0 Å². The molecule has 0 radical (unpaired) electrons. The van der Waals surface area contributed by atoms with E-state index in [0.717, 1.165) is 0 Å². The normalized spacial score (nSPS) is 13.8. The molecule has 3 nitrogen and oxygen atoms in total. The van der Waals surface area contributed by atoms with Gasteiger partial charge in [0.25, 0.3) is 6.43 Å². The molecule has 154 valence electrons. The summed E-state index contributed by atoms with van der Waals surface area (Å²) in [6.45, 7) is 6.08. The van der Waals surface area contributed by atoms with Crippen molar-refractivity contribution in [1.82, 2.24) is 4.98 Å². The van der Waals surface area contributed by atoms with Crippen molar-refractivity contribution in [3.05, 3.63) is 60.0 Å². The molecule has 0 bridgehead atoms. The molecule has 6 heteroatoms. The first-order chi connectivity index (χ1) is 13.7. The number of pyridine rings is 1. The number of benzene rings is 2. The van der Waals surface area contributed by atoms with Gasteiger partial charge in [0.05, 0.1) is 11.1 Å². The fourth-order valence-corrected chi connectivity index (χ4v) is 3.62. The number of ether oxygens (including phenoxy) is 1. The van der Waals surface area contributed by atoms with Gasteiger partial charge in [-0.05, 0) is 66.8 Å². The summed E-state index contributed by atoms with van der Waals surface area (Å²) in [7, 11) is 0. The first kappa shape index (κ1) is 21.1. The van der Waals surface area contributed by atoms with Crippen LogP contribution in [0.3, 0.4) is 0 Å². The van der Waals surface area contributed by atoms with E-state index in [2.05, 4.69) is 4.98 Å². The molecular weight excluding hydrogens is 377 g/mol. The topological polar surface area (TPSA) is 48.1 Å². The summed E-state index contributed by atoms with van der Waals surface area (Å²) in [5.41, 5.74) is 7.16. The number of halogens is 3. The zero-order valence-electron chi connectivity index (χ0n) is 16.8. The third-order valence-corrected chi connectivity index (χ3v) is 4.69. The first-order valence-electron chi connectivity index (χ1n) is 9.55. The minimum absolute atomic E-state index is 0.105. The Morgan fingerprint density at radius 3 is 2.55 bits per heavy atom. The number of nitrogens with two attached hydrogens (primary N) is 1. The molecule has 0 amide bonds. The Kier molecular flexibility index (Phi) is 6.13. The molecule has 0 aliphatic heterocycles. The van der Waals surface area contributed by atoms with Gasteiger partial charge >= 0.3 is 0 Å². The molecule has 2 aromatic carbocycles. The van der Waals surface area contributed by atoms with Crippen LogP contribution in [-0.2, 0) is 0 Å². The van der Waals surface area contributed by atoms with E-state index in [1.54, 1.807) is 24.4 Å². The average molecular weight is 402 g/mol. The standard InChI is InChI=1S/C23H25F3N2O/c1-14(2)12-23(3,27)13-29-21-7-4-15(10-19(21)22(25)26)17-8-9-28-20-6-5-16(24)11-18(17)20/h4-11,14,22H,12-13,27H2,1-3H3/t23-/m1/s1. The van der Waals surface area contributed by atoms with Crippen molar-refractivity contribution < 1.29 is 17.9 Å². The second kappa shape index (κ2) is 8.41. The Bertz CT molecular complexity index is 1000. The highest BCUT2D eigenvalue weighted by Gasteiger charge is 2.23. The van der Waals surface area contributed by atoms with Gasteiger partial charge in [-0.25, -0.2) is 13.2 Å². The van der Waals surface area contributed by atoms with Gasteiger partial charge in [-0.1, -0.05) is 19.9 Å². The smallest absolute Gasteiger partial charge is 0.267 e. The molecule has 1 heterocycles. The van der Waals surface area contributed by atoms with Crippen LogP contribution in [0.25, 0.3) is 22.0 Å². The second-order valence-electron chi connectivity index (χ2n) is 8.11. The lowest BCUT2D eigenvalue weighted by Gasteiger charge is -2.27. The Labute approximate surface area is 168 Å². The highest BCUT2D eigenvalue weighted by atomic mass is 19.3. The Morgan fingerprint density at radius 2 is 1.86 bits per heavy atom. The number of rotatable bonds is 7. The summed E-state index contributed by atoms with van der Waals surface area (Å²) in [4.78, 5) is 4.21. The number of hydrogen-bond donors (Lipinski definition) is 1. The van der Waals surface area contributed by atoms with E-state index < -0.39 is 17.8 Å². The van der Waals surface area contributed by atoms with Crippen LogP contribution in [0.5, 0.6) is 5.75 Å². The molecule has 0 saturated heterocycles. The zero-order valence-corrected chi connectivity index (χ0v) is 16.8. The van der Waals surface area contributed by atoms with Crippen LogP contribution in [0.15, 0.2) is 48.7 Å². The summed E-state index contributed by atoms with van der Waals surface area (Å²) < 4.78 is 46.9. The molecule has 0 fully saturated rings. The van der Waals surface area contributed by atoms with E-state index >= 15 is 0 Å². The SMILES string of the molecule is CC(C)C[C@@](C)(N)COc1ccc(-c2ccnc3ccc(F)cc23)cc1C(F)F. The summed E-state index contributed by atoms with van der Waals surface area (Å²) >= 11 is 0. The maximum absolute atomic E-state index is 13.7. The monoisotopic (exact) mass is 402 g/mol. The lowest BCUT2D eigenvalue weighted by atomic mass is 9.93. The molecule has 0 aliphatic rings. The second-order valence-corrected chi connectivity index (χ2v) is 8.11. The van der Waals surface area contributed by atoms with Gasteiger partial charge in [0, 0.05) is 17.1 Å². The predicted octanol–water partition coefficient (Wildman–Crippen LogP) is 6.12. The molecule has 2 N–H and O–H groups in total. The fourth-order valence-electron chi connectivity index (χ4n) is 3.62. The van der Waals surface area contributed by atoms with Crippen molar-refractivity contribution in [3.8, 4) is 16.9 Å². The van der Waals surface area contributed by atoms with E-state index in [-0.39, 0.29) is 17.9 Å². The number of nitrogens with zero attached hydrogens (tertiary/aromatic N) is 1. The van der Waals surface area contributed by atoms with Crippen LogP contribution >= 0.6 is 0 Å². The summed E-state index contributed by atoms with van der Waals surface area (Å²) in [5, 5.41) is 0.563. The highest BCUT2D eigenvalue weighted by molar-refractivity contribution is 5.94. The van der Waals surface area contributed by atoms with Crippen LogP contribution in [0, 0.1) is 11.7 Å². The molecule has 3 aromatic rings. The number of fused-ring (bicyclic) bond motifs is 1.